The fourth-order valence-electron chi connectivity index (χ4n) is 3.88. The summed E-state index contributed by atoms with van der Waals surface area (Å²) in [6, 6.07) is 17.2. The van der Waals surface area contributed by atoms with Gasteiger partial charge in [0.15, 0.2) is 0 Å². The Kier molecular flexibility index (Phi) is 3.60. The molecule has 122 valence electrons. The van der Waals surface area contributed by atoms with Crippen molar-refractivity contribution in [3.8, 4) is 11.1 Å². The number of carboxylic acid groups (broad SMARTS) is 1. The van der Waals surface area contributed by atoms with Gasteiger partial charge in [-0.3, -0.25) is 4.79 Å². The number of carboxylic acids is 1. The molecule has 0 aromatic heterocycles. The predicted octanol–water partition coefficient (Wildman–Crippen LogP) is 2.83. The molecule has 1 heterocycles. The Morgan fingerprint density at radius 3 is 2.50 bits per heavy atom. The van der Waals surface area contributed by atoms with Gasteiger partial charge in [0, 0.05) is 6.54 Å². The highest BCUT2D eigenvalue weighted by atomic mass is 16.4. The summed E-state index contributed by atoms with van der Waals surface area (Å²) in [5.41, 5.74) is 3.04. The molecule has 1 N–H and O–H groups in total. The summed E-state index contributed by atoms with van der Waals surface area (Å²) in [5, 5.41) is 9.43. The number of hydrogen-bond donors (Lipinski definition) is 1. The van der Waals surface area contributed by atoms with Crippen molar-refractivity contribution in [1.29, 1.82) is 0 Å². The molecular weight excluding hydrogens is 302 g/mol. The Morgan fingerprint density at radius 1 is 1.04 bits per heavy atom. The number of rotatable bonds is 4. The monoisotopic (exact) mass is 321 g/mol. The van der Waals surface area contributed by atoms with Crippen molar-refractivity contribution in [1.82, 2.24) is 4.90 Å². The third-order valence-electron chi connectivity index (χ3n) is 5.17. The second-order valence-electron chi connectivity index (χ2n) is 6.69. The van der Waals surface area contributed by atoms with Crippen LogP contribution < -0.4 is 0 Å². The predicted molar refractivity (Wildman–Crippen MR) is 90.3 cm³/mol. The first-order chi connectivity index (χ1) is 11.6. The van der Waals surface area contributed by atoms with Crippen LogP contribution in [-0.4, -0.2) is 34.5 Å². The zero-order chi connectivity index (χ0) is 16.7. The first-order valence-corrected chi connectivity index (χ1v) is 8.31. The molecule has 4 rings (SSSR count). The van der Waals surface area contributed by atoms with E-state index in [0.717, 1.165) is 23.1 Å². The lowest BCUT2D eigenvalue weighted by atomic mass is 9.97. The first kappa shape index (κ1) is 14.9. The highest BCUT2D eigenvalue weighted by molar-refractivity contribution is 5.88. The number of benzene rings is 2. The molecule has 1 amide bonds. The van der Waals surface area contributed by atoms with E-state index >= 15 is 0 Å². The molecule has 0 bridgehead atoms. The zero-order valence-corrected chi connectivity index (χ0v) is 13.3. The summed E-state index contributed by atoms with van der Waals surface area (Å²) in [6.07, 6.45) is 1.19. The largest absolute Gasteiger partial charge is 0.480 e. The number of aliphatic carboxylic acids is 1. The van der Waals surface area contributed by atoms with Crippen LogP contribution >= 0.6 is 0 Å². The SMILES string of the molecule is O=C(O)[C@@H]1[C@H]2C[C@H]2CN1C(=O)Cc1ccccc1-c1ccccc1. The molecule has 0 spiro atoms. The lowest BCUT2D eigenvalue weighted by Gasteiger charge is -2.25. The van der Waals surface area contributed by atoms with Gasteiger partial charge in [0.1, 0.15) is 6.04 Å². The summed E-state index contributed by atoms with van der Waals surface area (Å²) >= 11 is 0. The normalized spacial score (nSPS) is 24.5. The molecule has 3 atom stereocenters. The standard InChI is InChI=1S/C20H19NO3/c22-18(21-12-15-10-17(15)19(21)20(23)24)11-14-8-4-5-9-16(14)13-6-2-1-3-7-13/h1-9,15,17,19H,10-12H2,(H,23,24)/t15-,17-,19-/m0/s1. The molecule has 2 aliphatic rings. The molecule has 1 aliphatic carbocycles. The molecule has 0 radical (unpaired) electrons. The highest BCUT2D eigenvalue weighted by Crippen LogP contribution is 2.49. The van der Waals surface area contributed by atoms with Gasteiger partial charge in [-0.1, -0.05) is 54.6 Å². The molecule has 2 fully saturated rings. The molecule has 1 saturated heterocycles. The van der Waals surface area contributed by atoms with Crippen LogP contribution in [0.1, 0.15) is 12.0 Å². The summed E-state index contributed by atoms with van der Waals surface area (Å²) < 4.78 is 0. The Balaban J connectivity index is 1.58. The van der Waals surface area contributed by atoms with Crippen LogP contribution in [0.25, 0.3) is 11.1 Å². The van der Waals surface area contributed by atoms with Gasteiger partial charge in [0.2, 0.25) is 5.91 Å². The molecular formula is C20H19NO3. The molecule has 4 heteroatoms. The van der Waals surface area contributed by atoms with Crippen molar-refractivity contribution in [2.24, 2.45) is 11.8 Å². The number of amides is 1. The van der Waals surface area contributed by atoms with Crippen LogP contribution in [0.15, 0.2) is 54.6 Å². The lowest BCUT2D eigenvalue weighted by molar-refractivity contribution is -0.149. The van der Waals surface area contributed by atoms with Crippen LogP contribution in [0.3, 0.4) is 0 Å². The highest BCUT2D eigenvalue weighted by Gasteiger charge is 2.56. The molecule has 1 aliphatic heterocycles. The van der Waals surface area contributed by atoms with Gasteiger partial charge in [-0.2, -0.15) is 0 Å². The molecule has 4 nitrogen and oxygen atoms in total. The number of hydrogen-bond acceptors (Lipinski definition) is 2. The Labute approximate surface area is 140 Å². The van der Waals surface area contributed by atoms with Crippen LogP contribution in [0.4, 0.5) is 0 Å². The van der Waals surface area contributed by atoms with E-state index in [2.05, 4.69) is 0 Å². The van der Waals surface area contributed by atoms with Gasteiger partial charge in [0.05, 0.1) is 6.42 Å². The number of likely N-dealkylation sites (tertiary alicyclic amines) is 1. The maximum atomic E-state index is 12.7. The number of carbonyl (C=O) groups excluding carboxylic acids is 1. The van der Waals surface area contributed by atoms with E-state index in [1.807, 2.05) is 54.6 Å². The first-order valence-electron chi connectivity index (χ1n) is 8.31. The van der Waals surface area contributed by atoms with Crippen LogP contribution in [0, 0.1) is 11.8 Å². The third kappa shape index (κ3) is 2.58. The maximum Gasteiger partial charge on any atom is 0.326 e. The average Bonchev–Trinajstić information content (AvgIpc) is 3.25. The minimum Gasteiger partial charge on any atom is -0.480 e. The van der Waals surface area contributed by atoms with Gasteiger partial charge < -0.3 is 10.0 Å². The van der Waals surface area contributed by atoms with E-state index in [1.165, 1.54) is 0 Å². The maximum absolute atomic E-state index is 12.7. The van der Waals surface area contributed by atoms with E-state index in [-0.39, 0.29) is 18.2 Å². The Hall–Kier alpha value is -2.62. The van der Waals surface area contributed by atoms with Crippen molar-refractivity contribution in [2.75, 3.05) is 6.54 Å². The Bertz CT molecular complexity index is 786. The van der Waals surface area contributed by atoms with Gasteiger partial charge in [0.25, 0.3) is 0 Å². The summed E-state index contributed by atoms with van der Waals surface area (Å²) in [7, 11) is 0. The van der Waals surface area contributed by atoms with Crippen molar-refractivity contribution in [2.45, 2.75) is 18.9 Å². The number of nitrogens with zero attached hydrogens (tertiary/aromatic N) is 1. The number of fused-ring (bicyclic) bond motifs is 1. The fourth-order valence-corrected chi connectivity index (χ4v) is 3.88. The quantitative estimate of drug-likeness (QED) is 0.942. The molecule has 2 aromatic rings. The summed E-state index contributed by atoms with van der Waals surface area (Å²) in [5.74, 6) is -0.405. The van der Waals surface area contributed by atoms with Gasteiger partial charge >= 0.3 is 5.97 Å². The van der Waals surface area contributed by atoms with E-state index in [1.54, 1.807) is 4.90 Å². The van der Waals surface area contributed by atoms with E-state index in [9.17, 15) is 14.7 Å². The lowest BCUT2D eigenvalue weighted by Crippen LogP contribution is -2.44. The number of carbonyl (C=O) groups is 2. The second kappa shape index (κ2) is 5.78. The molecule has 24 heavy (non-hydrogen) atoms. The third-order valence-corrected chi connectivity index (χ3v) is 5.17. The smallest absolute Gasteiger partial charge is 0.326 e. The minimum absolute atomic E-state index is 0.0852. The van der Waals surface area contributed by atoms with Crippen molar-refractivity contribution < 1.29 is 14.7 Å². The van der Waals surface area contributed by atoms with E-state index < -0.39 is 12.0 Å². The molecule has 1 saturated carbocycles. The van der Waals surface area contributed by atoms with E-state index in [4.69, 9.17) is 0 Å². The second-order valence-corrected chi connectivity index (χ2v) is 6.69. The number of piperidine rings is 1. The van der Waals surface area contributed by atoms with Crippen molar-refractivity contribution >= 4 is 11.9 Å². The Morgan fingerprint density at radius 2 is 1.75 bits per heavy atom. The van der Waals surface area contributed by atoms with Crippen LogP contribution in [-0.2, 0) is 16.0 Å². The topological polar surface area (TPSA) is 57.6 Å². The van der Waals surface area contributed by atoms with Crippen molar-refractivity contribution in [3.63, 3.8) is 0 Å². The molecule has 0 unspecified atom stereocenters. The summed E-state index contributed by atoms with van der Waals surface area (Å²) in [4.78, 5) is 25.8. The molecule has 2 aromatic carbocycles. The summed E-state index contributed by atoms with van der Waals surface area (Å²) in [6.45, 7) is 0.591. The van der Waals surface area contributed by atoms with Gasteiger partial charge in [-0.25, -0.2) is 4.79 Å². The zero-order valence-electron chi connectivity index (χ0n) is 13.3. The minimum atomic E-state index is -0.871. The average molecular weight is 321 g/mol. The van der Waals surface area contributed by atoms with Crippen LogP contribution in [0.2, 0.25) is 0 Å². The van der Waals surface area contributed by atoms with Crippen LogP contribution in [0.5, 0.6) is 0 Å². The van der Waals surface area contributed by atoms with Gasteiger partial charge in [-0.05, 0) is 34.9 Å². The van der Waals surface area contributed by atoms with E-state index in [0.29, 0.717) is 12.5 Å². The fraction of sp³-hybridized carbons (Fsp3) is 0.300. The van der Waals surface area contributed by atoms with Crippen molar-refractivity contribution in [3.05, 3.63) is 60.2 Å². The van der Waals surface area contributed by atoms with Gasteiger partial charge in [-0.15, -0.1) is 0 Å².